The molecule has 0 N–H and O–H groups in total. The van der Waals surface area contributed by atoms with E-state index in [2.05, 4.69) is 40.1 Å². The third-order valence-corrected chi connectivity index (χ3v) is 4.06. The van der Waals surface area contributed by atoms with Gasteiger partial charge >= 0.3 is 0 Å². The number of rotatable bonds is 3. The molecule has 2 saturated heterocycles. The zero-order valence-corrected chi connectivity index (χ0v) is 10.9. The molecule has 3 nitrogen and oxygen atoms in total. The zero-order valence-electron chi connectivity index (χ0n) is 10.9. The van der Waals surface area contributed by atoms with Crippen molar-refractivity contribution in [2.45, 2.75) is 19.0 Å². The highest BCUT2D eigenvalue weighted by atomic mass is 16.5. The first-order valence-corrected chi connectivity index (χ1v) is 7.00. The third-order valence-electron chi connectivity index (χ3n) is 4.06. The molecule has 0 aromatic heterocycles. The van der Waals surface area contributed by atoms with Crippen LogP contribution >= 0.6 is 0 Å². The molecule has 1 aromatic carbocycles. The van der Waals surface area contributed by atoms with Gasteiger partial charge in [0.1, 0.15) is 0 Å². The van der Waals surface area contributed by atoms with Gasteiger partial charge in [-0.25, -0.2) is 0 Å². The zero-order chi connectivity index (χ0) is 12.2. The summed E-state index contributed by atoms with van der Waals surface area (Å²) in [5, 5.41) is 0. The second-order valence-electron chi connectivity index (χ2n) is 5.31. The normalized spacial score (nSPS) is 26.6. The predicted octanol–water partition coefficient (Wildman–Crippen LogP) is 1.59. The molecule has 0 spiro atoms. The Balaban J connectivity index is 1.52. The Labute approximate surface area is 109 Å². The number of ether oxygens (including phenoxy) is 1. The van der Waals surface area contributed by atoms with Crippen LogP contribution in [0.3, 0.4) is 0 Å². The molecule has 1 aromatic rings. The fourth-order valence-electron chi connectivity index (χ4n) is 3.04. The summed E-state index contributed by atoms with van der Waals surface area (Å²) < 4.78 is 5.43. The Bertz CT molecular complexity index is 362. The summed E-state index contributed by atoms with van der Waals surface area (Å²) in [6.07, 6.45) is 1.31. The third kappa shape index (κ3) is 2.91. The van der Waals surface area contributed by atoms with Crippen molar-refractivity contribution in [1.29, 1.82) is 0 Å². The monoisotopic (exact) mass is 246 g/mol. The van der Waals surface area contributed by atoms with E-state index in [4.69, 9.17) is 4.74 Å². The van der Waals surface area contributed by atoms with Crippen LogP contribution in [0, 0.1) is 0 Å². The van der Waals surface area contributed by atoms with Crippen molar-refractivity contribution in [2.75, 3.05) is 39.4 Å². The second kappa shape index (κ2) is 5.83. The highest BCUT2D eigenvalue weighted by Gasteiger charge is 2.28. The predicted molar refractivity (Wildman–Crippen MR) is 72.5 cm³/mol. The molecular weight excluding hydrogens is 224 g/mol. The first kappa shape index (κ1) is 12.2. The number of hydrogen-bond acceptors (Lipinski definition) is 3. The average Bonchev–Trinajstić information content (AvgIpc) is 2.89. The summed E-state index contributed by atoms with van der Waals surface area (Å²) in [7, 11) is 0. The maximum atomic E-state index is 5.43. The molecule has 18 heavy (non-hydrogen) atoms. The molecule has 2 aliphatic rings. The minimum Gasteiger partial charge on any atom is -0.379 e. The number of morpholine rings is 1. The maximum Gasteiger partial charge on any atom is 0.0594 e. The van der Waals surface area contributed by atoms with Crippen molar-refractivity contribution in [1.82, 2.24) is 9.80 Å². The summed E-state index contributed by atoms with van der Waals surface area (Å²) in [6.45, 7) is 7.60. The Morgan fingerprint density at radius 2 is 1.83 bits per heavy atom. The van der Waals surface area contributed by atoms with Gasteiger partial charge in [-0.3, -0.25) is 9.80 Å². The minimum atomic E-state index is 0.748. The van der Waals surface area contributed by atoms with E-state index < -0.39 is 0 Å². The molecule has 0 unspecified atom stereocenters. The Hall–Kier alpha value is -0.900. The second-order valence-corrected chi connectivity index (χ2v) is 5.31. The van der Waals surface area contributed by atoms with Crippen molar-refractivity contribution in [3.05, 3.63) is 35.9 Å². The van der Waals surface area contributed by atoms with E-state index in [9.17, 15) is 0 Å². The molecule has 1 atom stereocenters. The van der Waals surface area contributed by atoms with Crippen LogP contribution in [-0.4, -0.2) is 55.2 Å². The van der Waals surface area contributed by atoms with Gasteiger partial charge in [-0.05, 0) is 12.0 Å². The van der Waals surface area contributed by atoms with Crippen LogP contribution in [0.1, 0.15) is 12.0 Å². The minimum absolute atomic E-state index is 0.748. The molecule has 2 heterocycles. The van der Waals surface area contributed by atoms with Crippen LogP contribution in [0.4, 0.5) is 0 Å². The van der Waals surface area contributed by atoms with Crippen LogP contribution in [-0.2, 0) is 11.3 Å². The lowest BCUT2D eigenvalue weighted by Crippen LogP contribution is -2.44. The van der Waals surface area contributed by atoms with Crippen LogP contribution in [0.25, 0.3) is 0 Å². The van der Waals surface area contributed by atoms with Crippen LogP contribution in [0.15, 0.2) is 30.3 Å². The van der Waals surface area contributed by atoms with Gasteiger partial charge in [-0.2, -0.15) is 0 Å². The van der Waals surface area contributed by atoms with Gasteiger partial charge in [-0.15, -0.1) is 0 Å². The molecule has 0 saturated carbocycles. The highest BCUT2D eigenvalue weighted by Crippen LogP contribution is 2.18. The van der Waals surface area contributed by atoms with E-state index in [0.717, 1.165) is 38.9 Å². The van der Waals surface area contributed by atoms with Gasteiger partial charge in [0, 0.05) is 38.8 Å². The van der Waals surface area contributed by atoms with Gasteiger partial charge in [-0.1, -0.05) is 30.3 Å². The summed E-state index contributed by atoms with van der Waals surface area (Å²) >= 11 is 0. The smallest absolute Gasteiger partial charge is 0.0594 e. The molecule has 2 fully saturated rings. The molecule has 0 amide bonds. The summed E-state index contributed by atoms with van der Waals surface area (Å²) in [4.78, 5) is 5.18. The number of likely N-dealkylation sites (tertiary alicyclic amines) is 1. The summed E-state index contributed by atoms with van der Waals surface area (Å²) in [5.41, 5.74) is 1.43. The number of hydrogen-bond donors (Lipinski definition) is 0. The Morgan fingerprint density at radius 1 is 1.06 bits per heavy atom. The fraction of sp³-hybridized carbons (Fsp3) is 0.600. The first-order valence-electron chi connectivity index (χ1n) is 7.00. The average molecular weight is 246 g/mol. The molecule has 3 rings (SSSR count). The van der Waals surface area contributed by atoms with E-state index in [-0.39, 0.29) is 0 Å². The molecule has 0 radical (unpaired) electrons. The molecule has 98 valence electrons. The number of nitrogens with zero attached hydrogens (tertiary/aromatic N) is 2. The van der Waals surface area contributed by atoms with Crippen molar-refractivity contribution in [2.24, 2.45) is 0 Å². The van der Waals surface area contributed by atoms with Crippen molar-refractivity contribution in [3.8, 4) is 0 Å². The van der Waals surface area contributed by atoms with Crippen LogP contribution in [0.5, 0.6) is 0 Å². The van der Waals surface area contributed by atoms with E-state index in [1.165, 1.54) is 25.1 Å². The van der Waals surface area contributed by atoms with Gasteiger partial charge in [0.05, 0.1) is 13.2 Å². The van der Waals surface area contributed by atoms with Gasteiger partial charge in [0.2, 0.25) is 0 Å². The van der Waals surface area contributed by atoms with E-state index in [0.29, 0.717) is 0 Å². The maximum absolute atomic E-state index is 5.43. The van der Waals surface area contributed by atoms with E-state index in [1.54, 1.807) is 0 Å². The van der Waals surface area contributed by atoms with Crippen molar-refractivity contribution >= 4 is 0 Å². The molecule has 0 bridgehead atoms. The van der Waals surface area contributed by atoms with Gasteiger partial charge in [0.25, 0.3) is 0 Å². The molecule has 0 aliphatic carbocycles. The Morgan fingerprint density at radius 3 is 2.61 bits per heavy atom. The molecular formula is C15H22N2O. The van der Waals surface area contributed by atoms with Crippen LogP contribution in [0.2, 0.25) is 0 Å². The van der Waals surface area contributed by atoms with Crippen molar-refractivity contribution in [3.63, 3.8) is 0 Å². The lowest BCUT2D eigenvalue weighted by Gasteiger charge is -2.32. The lowest BCUT2D eigenvalue weighted by molar-refractivity contribution is 0.0184. The topological polar surface area (TPSA) is 15.7 Å². The molecule has 2 aliphatic heterocycles. The molecule has 3 heteroatoms. The summed E-state index contributed by atoms with van der Waals surface area (Å²) in [5.74, 6) is 0. The lowest BCUT2D eigenvalue weighted by atomic mass is 10.2. The quantitative estimate of drug-likeness (QED) is 0.805. The van der Waals surface area contributed by atoms with Crippen LogP contribution < -0.4 is 0 Å². The van der Waals surface area contributed by atoms with E-state index >= 15 is 0 Å². The fourth-order valence-corrected chi connectivity index (χ4v) is 3.04. The highest BCUT2D eigenvalue weighted by molar-refractivity contribution is 5.14. The largest absolute Gasteiger partial charge is 0.379 e. The standard InChI is InChI=1S/C15H22N2O/c1-2-4-14(5-3-1)12-16-7-6-15(13-16)17-8-10-18-11-9-17/h1-5,15H,6-13H2/t15-/m1/s1. The van der Waals surface area contributed by atoms with Gasteiger partial charge < -0.3 is 4.74 Å². The Kier molecular flexibility index (Phi) is 3.93. The summed E-state index contributed by atoms with van der Waals surface area (Å²) in [6, 6.07) is 11.5. The first-order chi connectivity index (χ1) is 8.92. The van der Waals surface area contributed by atoms with Crippen molar-refractivity contribution < 1.29 is 4.74 Å². The van der Waals surface area contributed by atoms with E-state index in [1.807, 2.05) is 0 Å². The van der Waals surface area contributed by atoms with Gasteiger partial charge in [0.15, 0.2) is 0 Å². The number of benzene rings is 1. The SMILES string of the molecule is c1ccc(CN2CC[C@@H](N3CCOCC3)C2)cc1.